The summed E-state index contributed by atoms with van der Waals surface area (Å²) >= 11 is 1.03. The zero-order chi connectivity index (χ0) is 28.3. The molecule has 2 N–H and O–H groups in total. The minimum Gasteiger partial charge on any atom is -0.486 e. The van der Waals surface area contributed by atoms with Crippen LogP contribution in [0.2, 0.25) is 0 Å². The lowest BCUT2D eigenvalue weighted by Gasteiger charge is -2.27. The van der Waals surface area contributed by atoms with Gasteiger partial charge in [0.15, 0.2) is 12.9 Å². The van der Waals surface area contributed by atoms with Crippen LogP contribution in [0.3, 0.4) is 0 Å². The Morgan fingerprint density at radius 1 is 1.25 bits per heavy atom. The summed E-state index contributed by atoms with van der Waals surface area (Å²) in [5.41, 5.74) is 4.86. The summed E-state index contributed by atoms with van der Waals surface area (Å²) in [7, 11) is 0. The third-order valence-corrected chi connectivity index (χ3v) is 7.41. The average molecular weight is 667 g/mol. The van der Waals surface area contributed by atoms with Gasteiger partial charge < -0.3 is 24.4 Å². The summed E-state index contributed by atoms with van der Waals surface area (Å²) in [6.45, 7) is 5.56. The molecule has 1 amide bonds. The molecule has 2 aromatic carbocycles. The van der Waals surface area contributed by atoms with Crippen molar-refractivity contribution in [2.75, 3.05) is 36.6 Å². The van der Waals surface area contributed by atoms with E-state index in [0.717, 1.165) is 77.5 Å². The van der Waals surface area contributed by atoms with E-state index in [4.69, 9.17) is 14.2 Å². The van der Waals surface area contributed by atoms with E-state index in [-0.39, 0.29) is 24.2 Å². The maximum absolute atomic E-state index is 13.5. The van der Waals surface area contributed by atoms with E-state index in [0.29, 0.717) is 23.6 Å². The maximum Gasteiger partial charge on any atom is 0.329 e. The summed E-state index contributed by atoms with van der Waals surface area (Å²) in [5, 5.41) is 10.1. The number of nitrogens with zero attached hydrogens (tertiary/aromatic N) is 2. The fourth-order valence-corrected chi connectivity index (χ4v) is 5.29. The standard InChI is InChI=1S/C29H33F2IN4O4/c1-18(2)36-15-20(16-39-26-5-3-4-12-38-26)23-13-19(14-24(27(23)36)25-10-11-33-35-25)28(37)34-21-6-8-22(9-7-21)40-17-29(30,31)32/h6-11,13-14,18,20,26H,3-5,12,15-17H2,1-2H3,(H,33,35)(H,34,37). The van der Waals surface area contributed by atoms with Gasteiger partial charge in [0, 0.05) is 70.7 Å². The molecule has 8 nitrogen and oxygen atoms in total. The van der Waals surface area contributed by atoms with Gasteiger partial charge >= 0.3 is 3.93 Å². The predicted octanol–water partition coefficient (Wildman–Crippen LogP) is 6.59. The highest BCUT2D eigenvalue weighted by atomic mass is 127. The number of alkyl halides is 3. The number of nitrogens with one attached hydrogen (secondary N) is 2. The van der Waals surface area contributed by atoms with Crippen LogP contribution in [0.15, 0.2) is 48.7 Å². The molecule has 0 spiro atoms. The van der Waals surface area contributed by atoms with E-state index < -0.39 is 10.5 Å². The molecular formula is C29H33F2IN4O4. The minimum absolute atomic E-state index is 0.0600. The average Bonchev–Trinajstić information content (AvgIpc) is 3.60. The Labute approximate surface area is 245 Å². The molecule has 3 aromatic rings. The van der Waals surface area contributed by atoms with Crippen molar-refractivity contribution in [3.63, 3.8) is 0 Å². The zero-order valence-corrected chi connectivity index (χ0v) is 24.6. The van der Waals surface area contributed by atoms with Crippen LogP contribution in [0.5, 0.6) is 5.75 Å². The first-order valence-corrected chi connectivity index (χ1v) is 14.5. The van der Waals surface area contributed by atoms with Crippen molar-refractivity contribution in [1.82, 2.24) is 10.2 Å². The first-order valence-electron chi connectivity index (χ1n) is 13.5. The quantitative estimate of drug-likeness (QED) is 0.188. The van der Waals surface area contributed by atoms with Crippen LogP contribution >= 0.6 is 22.6 Å². The number of ether oxygens (including phenoxy) is 3. The van der Waals surface area contributed by atoms with Crippen LogP contribution in [0.25, 0.3) is 11.3 Å². The van der Waals surface area contributed by atoms with Crippen LogP contribution < -0.4 is 15.0 Å². The predicted molar refractivity (Wildman–Crippen MR) is 158 cm³/mol. The third-order valence-electron chi connectivity index (χ3n) is 7.10. The number of carbonyl (C=O) groups is 1. The van der Waals surface area contributed by atoms with Crippen molar-refractivity contribution in [1.29, 1.82) is 0 Å². The number of anilines is 2. The smallest absolute Gasteiger partial charge is 0.329 e. The van der Waals surface area contributed by atoms with Gasteiger partial charge in [-0.1, -0.05) is 0 Å². The molecule has 11 heteroatoms. The number of H-pyrrole nitrogens is 1. The highest BCUT2D eigenvalue weighted by Crippen LogP contribution is 2.45. The van der Waals surface area contributed by atoms with Gasteiger partial charge in [-0.3, -0.25) is 9.89 Å². The molecule has 214 valence electrons. The zero-order valence-electron chi connectivity index (χ0n) is 22.5. The summed E-state index contributed by atoms with van der Waals surface area (Å²) < 4.78 is 40.4. The summed E-state index contributed by atoms with van der Waals surface area (Å²) in [4.78, 5) is 15.8. The Kier molecular flexibility index (Phi) is 8.91. The van der Waals surface area contributed by atoms with Gasteiger partial charge in [0.2, 0.25) is 0 Å². The lowest BCUT2D eigenvalue weighted by molar-refractivity contribution is -0.164. The van der Waals surface area contributed by atoms with E-state index in [1.807, 2.05) is 18.2 Å². The number of fused-ring (bicyclic) bond motifs is 1. The van der Waals surface area contributed by atoms with Crippen molar-refractivity contribution in [2.24, 2.45) is 0 Å². The Morgan fingerprint density at radius 3 is 2.70 bits per heavy atom. The molecule has 0 saturated carbocycles. The van der Waals surface area contributed by atoms with Crippen molar-refractivity contribution in [3.8, 4) is 17.0 Å². The van der Waals surface area contributed by atoms with Crippen LogP contribution in [0.4, 0.5) is 20.2 Å². The number of hydrogen-bond donors (Lipinski definition) is 2. The number of hydrogen-bond acceptors (Lipinski definition) is 6. The molecule has 3 heterocycles. The van der Waals surface area contributed by atoms with Crippen molar-refractivity contribution in [2.45, 2.75) is 55.3 Å². The van der Waals surface area contributed by atoms with Gasteiger partial charge in [-0.2, -0.15) is 13.9 Å². The summed E-state index contributed by atoms with van der Waals surface area (Å²) in [5.74, 6) is 0.0751. The van der Waals surface area contributed by atoms with Crippen molar-refractivity contribution in [3.05, 3.63) is 59.8 Å². The number of halogens is 3. The van der Waals surface area contributed by atoms with E-state index in [1.165, 1.54) is 0 Å². The fourth-order valence-electron chi connectivity index (χ4n) is 5.14. The van der Waals surface area contributed by atoms with E-state index in [9.17, 15) is 13.6 Å². The van der Waals surface area contributed by atoms with Crippen LogP contribution in [-0.2, 0) is 9.47 Å². The van der Waals surface area contributed by atoms with Crippen molar-refractivity contribution >= 4 is 39.9 Å². The monoisotopic (exact) mass is 666 g/mol. The summed E-state index contributed by atoms with van der Waals surface area (Å²) in [6, 6.07) is 12.3. The number of aromatic nitrogens is 2. The largest absolute Gasteiger partial charge is 0.486 e. The number of amides is 1. The number of benzene rings is 2. The molecule has 2 atom stereocenters. The number of rotatable bonds is 10. The molecule has 2 unspecified atom stereocenters. The molecule has 1 aromatic heterocycles. The highest BCUT2D eigenvalue weighted by molar-refractivity contribution is 14.1. The lowest BCUT2D eigenvalue weighted by Crippen LogP contribution is -2.31. The van der Waals surface area contributed by atoms with E-state index >= 15 is 0 Å². The molecule has 0 aliphatic carbocycles. The molecule has 40 heavy (non-hydrogen) atoms. The Balaban J connectivity index is 1.41. The topological polar surface area (TPSA) is 88.7 Å². The van der Waals surface area contributed by atoms with Gasteiger partial charge in [-0.25, -0.2) is 0 Å². The van der Waals surface area contributed by atoms with Gasteiger partial charge in [0.25, 0.3) is 5.91 Å². The molecule has 0 radical (unpaired) electrons. The van der Waals surface area contributed by atoms with Gasteiger partial charge in [0.1, 0.15) is 5.75 Å². The molecule has 2 aliphatic heterocycles. The molecular weight excluding hydrogens is 633 g/mol. The van der Waals surface area contributed by atoms with E-state index in [1.54, 1.807) is 30.5 Å². The van der Waals surface area contributed by atoms with Crippen molar-refractivity contribution < 1.29 is 27.8 Å². The first-order chi connectivity index (χ1) is 19.2. The van der Waals surface area contributed by atoms with Crippen LogP contribution in [0, 0.1) is 0 Å². The molecule has 2 aliphatic rings. The van der Waals surface area contributed by atoms with Gasteiger partial charge in [-0.15, -0.1) is 0 Å². The molecule has 1 saturated heterocycles. The molecule has 1 fully saturated rings. The second kappa shape index (κ2) is 12.4. The SMILES string of the molecule is CC(C)N1CC(COC2CCCCO2)c2cc(C(=O)Nc3ccc(OCC(F)(F)I)cc3)cc(-c3ccn[nH]3)c21. The lowest BCUT2D eigenvalue weighted by atomic mass is 9.95. The Morgan fingerprint density at radius 2 is 2.05 bits per heavy atom. The maximum atomic E-state index is 13.5. The second-order valence-electron chi connectivity index (χ2n) is 10.4. The Hall–Kier alpha value is -2.77. The molecule has 5 rings (SSSR count). The van der Waals surface area contributed by atoms with Crippen LogP contribution in [0.1, 0.15) is 54.9 Å². The fraction of sp³-hybridized carbons (Fsp3) is 0.448. The summed E-state index contributed by atoms with van der Waals surface area (Å²) in [6.07, 6.45) is 4.54. The highest BCUT2D eigenvalue weighted by Gasteiger charge is 2.35. The Bertz CT molecular complexity index is 1290. The van der Waals surface area contributed by atoms with Gasteiger partial charge in [0.05, 0.1) is 18.0 Å². The van der Waals surface area contributed by atoms with Gasteiger partial charge in [-0.05, 0) is 81.1 Å². The molecule has 0 bridgehead atoms. The normalized spacial score (nSPS) is 19.1. The van der Waals surface area contributed by atoms with Crippen LogP contribution in [-0.4, -0.2) is 58.7 Å². The number of aromatic amines is 1. The third kappa shape index (κ3) is 6.92. The van der Waals surface area contributed by atoms with E-state index in [2.05, 4.69) is 34.3 Å². The minimum atomic E-state index is -2.96. The number of carbonyl (C=O) groups excluding carboxylic acids is 1. The first kappa shape index (κ1) is 28.7. The second-order valence-corrected chi connectivity index (χ2v) is 12.0.